The first-order valence-electron chi connectivity index (χ1n) is 6.99. The minimum absolute atomic E-state index is 0.128. The van der Waals surface area contributed by atoms with Gasteiger partial charge in [0.15, 0.2) is 0 Å². The van der Waals surface area contributed by atoms with Gasteiger partial charge in [0.05, 0.1) is 12.6 Å². The Kier molecular flexibility index (Phi) is 2.79. The van der Waals surface area contributed by atoms with Gasteiger partial charge in [-0.3, -0.25) is 4.90 Å². The standard InChI is InChI=1S/C16H20N2O/c1-11-15-9-12-3-4-13(19)10-14(12)16(11,2)5-7-18(15)8-6-17/h3-4,10-11,15,19H,5,7-9H2,1-2H3/t11-,15-,16-/m0/s1. The van der Waals surface area contributed by atoms with Gasteiger partial charge < -0.3 is 5.11 Å². The van der Waals surface area contributed by atoms with Crippen LogP contribution in [0.25, 0.3) is 0 Å². The van der Waals surface area contributed by atoms with Gasteiger partial charge in [-0.15, -0.1) is 0 Å². The first-order chi connectivity index (χ1) is 9.06. The normalized spacial score (nSPS) is 33.5. The minimum atomic E-state index is 0.128. The highest BCUT2D eigenvalue weighted by molar-refractivity contribution is 5.44. The summed E-state index contributed by atoms with van der Waals surface area (Å²) >= 11 is 0. The van der Waals surface area contributed by atoms with Crippen LogP contribution in [0.4, 0.5) is 0 Å². The number of likely N-dealkylation sites (tertiary alicyclic amines) is 1. The van der Waals surface area contributed by atoms with E-state index in [-0.39, 0.29) is 5.41 Å². The third-order valence-corrected chi connectivity index (χ3v) is 5.38. The van der Waals surface area contributed by atoms with Crippen molar-refractivity contribution >= 4 is 0 Å². The summed E-state index contributed by atoms with van der Waals surface area (Å²) in [6.07, 6.45) is 2.05. The number of benzene rings is 1. The zero-order valence-corrected chi connectivity index (χ0v) is 11.6. The Morgan fingerprint density at radius 1 is 1.53 bits per heavy atom. The molecule has 1 aromatic carbocycles. The van der Waals surface area contributed by atoms with Crippen LogP contribution in [0.15, 0.2) is 18.2 Å². The SMILES string of the molecule is C[C@H]1[C@@H]2Cc3ccc(O)cc3[C@@]1(C)CCN2CC#N. The van der Waals surface area contributed by atoms with E-state index in [9.17, 15) is 5.11 Å². The molecule has 2 aliphatic rings. The van der Waals surface area contributed by atoms with E-state index >= 15 is 0 Å². The number of aromatic hydroxyl groups is 1. The van der Waals surface area contributed by atoms with Crippen molar-refractivity contribution in [1.29, 1.82) is 5.26 Å². The molecule has 1 saturated heterocycles. The van der Waals surface area contributed by atoms with Crippen LogP contribution in [0.3, 0.4) is 0 Å². The zero-order chi connectivity index (χ0) is 13.6. The Bertz CT molecular complexity index is 548. The van der Waals surface area contributed by atoms with Gasteiger partial charge in [-0.1, -0.05) is 19.9 Å². The number of phenolic OH excluding ortho intramolecular Hbond substituents is 1. The quantitative estimate of drug-likeness (QED) is 0.785. The van der Waals surface area contributed by atoms with E-state index in [1.54, 1.807) is 6.07 Å². The molecule has 0 aromatic heterocycles. The summed E-state index contributed by atoms with van der Waals surface area (Å²) in [5.74, 6) is 0.883. The Morgan fingerprint density at radius 3 is 3.05 bits per heavy atom. The lowest BCUT2D eigenvalue weighted by molar-refractivity contribution is 0.0409. The van der Waals surface area contributed by atoms with Crippen LogP contribution in [0.2, 0.25) is 0 Å². The minimum Gasteiger partial charge on any atom is -0.508 e. The average molecular weight is 256 g/mol. The number of fused-ring (bicyclic) bond motifs is 4. The monoisotopic (exact) mass is 256 g/mol. The molecule has 1 fully saturated rings. The Hall–Kier alpha value is -1.53. The van der Waals surface area contributed by atoms with Crippen molar-refractivity contribution in [2.24, 2.45) is 5.92 Å². The lowest BCUT2D eigenvalue weighted by atomic mass is 9.59. The predicted octanol–water partition coefficient (Wildman–Crippen LogP) is 2.44. The molecule has 1 aromatic rings. The Morgan fingerprint density at radius 2 is 2.32 bits per heavy atom. The molecule has 1 heterocycles. The smallest absolute Gasteiger partial charge is 0.115 e. The fourth-order valence-electron chi connectivity index (χ4n) is 3.98. The summed E-state index contributed by atoms with van der Waals surface area (Å²) in [4.78, 5) is 2.32. The summed E-state index contributed by atoms with van der Waals surface area (Å²) in [6.45, 7) is 6.11. The number of nitrogens with zero attached hydrogens (tertiary/aromatic N) is 2. The van der Waals surface area contributed by atoms with E-state index in [4.69, 9.17) is 5.26 Å². The highest BCUT2D eigenvalue weighted by Crippen LogP contribution is 2.49. The van der Waals surface area contributed by atoms with Gasteiger partial charge in [0.2, 0.25) is 0 Å². The van der Waals surface area contributed by atoms with E-state index in [1.807, 2.05) is 6.07 Å². The molecule has 1 aliphatic heterocycles. The molecule has 100 valence electrons. The largest absolute Gasteiger partial charge is 0.508 e. The van der Waals surface area contributed by atoms with Crippen LogP contribution in [0, 0.1) is 17.2 Å². The summed E-state index contributed by atoms with van der Waals surface area (Å²) in [5.41, 5.74) is 2.78. The molecule has 19 heavy (non-hydrogen) atoms. The van der Waals surface area contributed by atoms with Crippen molar-refractivity contribution in [3.8, 4) is 11.8 Å². The maximum Gasteiger partial charge on any atom is 0.115 e. The maximum atomic E-state index is 9.77. The van der Waals surface area contributed by atoms with Crippen molar-refractivity contribution in [1.82, 2.24) is 4.90 Å². The van der Waals surface area contributed by atoms with E-state index in [0.717, 1.165) is 19.4 Å². The van der Waals surface area contributed by atoms with Gasteiger partial charge in [0.1, 0.15) is 5.75 Å². The van der Waals surface area contributed by atoms with Crippen LogP contribution >= 0.6 is 0 Å². The molecule has 0 spiro atoms. The van der Waals surface area contributed by atoms with Crippen molar-refractivity contribution < 1.29 is 5.11 Å². The molecule has 3 atom stereocenters. The average Bonchev–Trinajstić information content (AvgIpc) is 2.38. The second-order valence-corrected chi connectivity index (χ2v) is 6.20. The molecule has 3 heteroatoms. The lowest BCUT2D eigenvalue weighted by Gasteiger charge is -2.54. The van der Waals surface area contributed by atoms with E-state index in [0.29, 0.717) is 24.3 Å². The molecule has 0 unspecified atom stereocenters. The molecule has 2 bridgehead atoms. The highest BCUT2D eigenvalue weighted by Gasteiger charge is 2.48. The maximum absolute atomic E-state index is 9.77. The van der Waals surface area contributed by atoms with Gasteiger partial charge in [-0.2, -0.15) is 5.26 Å². The number of hydrogen-bond acceptors (Lipinski definition) is 3. The van der Waals surface area contributed by atoms with E-state index < -0.39 is 0 Å². The topological polar surface area (TPSA) is 47.3 Å². The van der Waals surface area contributed by atoms with Gasteiger partial charge in [-0.05, 0) is 47.4 Å². The predicted molar refractivity (Wildman–Crippen MR) is 73.9 cm³/mol. The van der Waals surface area contributed by atoms with Crippen molar-refractivity contribution in [2.45, 2.75) is 38.1 Å². The molecule has 3 rings (SSSR count). The second-order valence-electron chi connectivity index (χ2n) is 6.20. The van der Waals surface area contributed by atoms with Crippen molar-refractivity contribution in [3.63, 3.8) is 0 Å². The van der Waals surface area contributed by atoms with Crippen LogP contribution in [0.1, 0.15) is 31.4 Å². The molecule has 1 aliphatic carbocycles. The van der Waals surface area contributed by atoms with Crippen LogP contribution in [-0.4, -0.2) is 29.1 Å². The fraction of sp³-hybridized carbons (Fsp3) is 0.562. The molecule has 0 saturated carbocycles. The summed E-state index contributed by atoms with van der Waals surface area (Å²) in [7, 11) is 0. The summed E-state index contributed by atoms with van der Waals surface area (Å²) < 4.78 is 0. The van der Waals surface area contributed by atoms with Crippen molar-refractivity contribution in [3.05, 3.63) is 29.3 Å². The van der Waals surface area contributed by atoms with Gasteiger partial charge >= 0.3 is 0 Å². The van der Waals surface area contributed by atoms with Crippen molar-refractivity contribution in [2.75, 3.05) is 13.1 Å². The third-order valence-electron chi connectivity index (χ3n) is 5.38. The van der Waals surface area contributed by atoms with Gasteiger partial charge in [0.25, 0.3) is 0 Å². The molecule has 0 radical (unpaired) electrons. The lowest BCUT2D eigenvalue weighted by Crippen LogP contribution is -2.57. The number of hydrogen-bond donors (Lipinski definition) is 1. The zero-order valence-electron chi connectivity index (χ0n) is 11.6. The first-order valence-corrected chi connectivity index (χ1v) is 6.99. The van der Waals surface area contributed by atoms with E-state index in [1.165, 1.54) is 11.1 Å². The Labute approximate surface area is 114 Å². The van der Waals surface area contributed by atoms with Crippen LogP contribution < -0.4 is 0 Å². The molecule has 0 amide bonds. The molecular weight excluding hydrogens is 236 g/mol. The molecule has 1 N–H and O–H groups in total. The fourth-order valence-corrected chi connectivity index (χ4v) is 3.98. The van der Waals surface area contributed by atoms with E-state index in [2.05, 4.69) is 30.9 Å². The first kappa shape index (κ1) is 12.5. The van der Waals surface area contributed by atoms with Crippen LogP contribution in [0.5, 0.6) is 5.75 Å². The van der Waals surface area contributed by atoms with Crippen LogP contribution in [-0.2, 0) is 11.8 Å². The number of rotatable bonds is 1. The number of nitriles is 1. The highest BCUT2D eigenvalue weighted by atomic mass is 16.3. The third kappa shape index (κ3) is 1.74. The number of phenols is 1. The second kappa shape index (κ2) is 4.25. The number of piperidine rings is 1. The molecule has 3 nitrogen and oxygen atoms in total. The van der Waals surface area contributed by atoms with Gasteiger partial charge in [-0.25, -0.2) is 0 Å². The Balaban J connectivity index is 2.06. The van der Waals surface area contributed by atoms with Gasteiger partial charge in [0, 0.05) is 12.6 Å². The molecular formula is C16H20N2O. The summed E-state index contributed by atoms with van der Waals surface area (Å²) in [6, 6.07) is 8.53. The summed E-state index contributed by atoms with van der Waals surface area (Å²) in [5, 5.41) is 18.7.